The Morgan fingerprint density at radius 1 is 1.33 bits per heavy atom. The minimum atomic E-state index is -0.254. The molecule has 0 aliphatic rings. The maximum absolute atomic E-state index is 12.9. The molecule has 1 amide bonds. The predicted octanol–water partition coefficient (Wildman–Crippen LogP) is 2.57. The molecule has 2 aromatic rings. The number of nitrogens with zero attached hydrogens (tertiary/aromatic N) is 1. The number of benzene rings is 1. The maximum Gasteiger partial charge on any atom is 0.233 e. The molecule has 1 aromatic heterocycles. The molecular formula is C15H18FN3OS. The van der Waals surface area contributed by atoms with Crippen LogP contribution >= 0.6 is 11.3 Å². The van der Waals surface area contributed by atoms with Gasteiger partial charge in [0.1, 0.15) is 10.8 Å². The summed E-state index contributed by atoms with van der Waals surface area (Å²) in [6.07, 6.45) is 0.929. The van der Waals surface area contributed by atoms with E-state index in [9.17, 15) is 9.18 Å². The first-order valence-corrected chi connectivity index (χ1v) is 7.74. The van der Waals surface area contributed by atoms with E-state index < -0.39 is 0 Å². The van der Waals surface area contributed by atoms with E-state index in [1.807, 2.05) is 12.3 Å². The molecule has 112 valence electrons. The predicted molar refractivity (Wildman–Crippen MR) is 82.5 cm³/mol. The van der Waals surface area contributed by atoms with Gasteiger partial charge in [0.05, 0.1) is 12.2 Å². The summed E-state index contributed by atoms with van der Waals surface area (Å²) >= 11 is 1.51. The van der Waals surface area contributed by atoms with Crippen molar-refractivity contribution in [3.05, 3.63) is 41.2 Å². The van der Waals surface area contributed by atoms with E-state index in [1.54, 1.807) is 12.1 Å². The lowest BCUT2D eigenvalue weighted by Crippen LogP contribution is -2.33. The van der Waals surface area contributed by atoms with Crippen LogP contribution in [0.25, 0.3) is 10.6 Å². The average Bonchev–Trinajstić information content (AvgIpc) is 2.95. The minimum Gasteiger partial charge on any atom is -0.355 e. The van der Waals surface area contributed by atoms with Gasteiger partial charge in [-0.25, -0.2) is 9.37 Å². The van der Waals surface area contributed by atoms with Gasteiger partial charge in [0.25, 0.3) is 0 Å². The molecule has 0 unspecified atom stereocenters. The van der Waals surface area contributed by atoms with Crippen LogP contribution in [0.4, 0.5) is 4.39 Å². The molecule has 2 N–H and O–H groups in total. The number of nitrogens with one attached hydrogen (secondary N) is 2. The number of carbonyl (C=O) groups excluding carboxylic acids is 1. The van der Waals surface area contributed by atoms with Crippen molar-refractivity contribution in [2.24, 2.45) is 0 Å². The molecule has 1 heterocycles. The van der Waals surface area contributed by atoms with E-state index in [4.69, 9.17) is 0 Å². The first-order valence-electron chi connectivity index (χ1n) is 6.87. The number of hydrogen-bond donors (Lipinski definition) is 2. The third-order valence-electron chi connectivity index (χ3n) is 2.81. The highest BCUT2D eigenvalue weighted by Gasteiger charge is 2.05. The first kappa shape index (κ1) is 15.6. The highest BCUT2D eigenvalue weighted by atomic mass is 32.1. The summed E-state index contributed by atoms with van der Waals surface area (Å²) in [7, 11) is 0. The van der Waals surface area contributed by atoms with Crippen molar-refractivity contribution >= 4 is 17.2 Å². The van der Waals surface area contributed by atoms with Crippen molar-refractivity contribution in [2.75, 3.05) is 13.1 Å². The van der Waals surface area contributed by atoms with Crippen LogP contribution in [0, 0.1) is 5.82 Å². The molecule has 0 aliphatic heterocycles. The van der Waals surface area contributed by atoms with E-state index in [0.29, 0.717) is 13.1 Å². The summed E-state index contributed by atoms with van der Waals surface area (Å²) in [5.74, 6) is -0.263. The van der Waals surface area contributed by atoms with E-state index in [2.05, 4.69) is 15.6 Å². The summed E-state index contributed by atoms with van der Waals surface area (Å²) in [5, 5.41) is 8.65. The molecule has 21 heavy (non-hydrogen) atoms. The van der Waals surface area contributed by atoms with Crippen LogP contribution in [0.2, 0.25) is 0 Å². The van der Waals surface area contributed by atoms with Gasteiger partial charge in [-0.1, -0.05) is 6.92 Å². The fourth-order valence-electron chi connectivity index (χ4n) is 1.74. The van der Waals surface area contributed by atoms with E-state index in [0.717, 1.165) is 22.7 Å². The molecule has 2 rings (SSSR count). The summed E-state index contributed by atoms with van der Waals surface area (Å²) in [4.78, 5) is 15.9. The van der Waals surface area contributed by atoms with Crippen molar-refractivity contribution in [3.8, 4) is 10.6 Å². The maximum atomic E-state index is 12.9. The first-order chi connectivity index (χ1) is 10.2. The molecule has 0 saturated heterocycles. The largest absolute Gasteiger partial charge is 0.355 e. The Balaban J connectivity index is 1.83. The van der Waals surface area contributed by atoms with Crippen molar-refractivity contribution in [2.45, 2.75) is 19.9 Å². The molecule has 1 aromatic carbocycles. The summed E-state index contributed by atoms with van der Waals surface area (Å²) < 4.78 is 12.9. The van der Waals surface area contributed by atoms with Crippen LogP contribution < -0.4 is 10.6 Å². The number of thiazole rings is 1. The lowest BCUT2D eigenvalue weighted by atomic mass is 10.2. The Morgan fingerprint density at radius 3 is 2.81 bits per heavy atom. The fraction of sp³-hybridized carbons (Fsp3) is 0.333. The number of carbonyl (C=O) groups is 1. The van der Waals surface area contributed by atoms with Crippen LogP contribution in [0.1, 0.15) is 19.0 Å². The third kappa shape index (κ3) is 4.91. The van der Waals surface area contributed by atoms with Crippen LogP contribution in [-0.4, -0.2) is 24.0 Å². The monoisotopic (exact) mass is 307 g/mol. The molecule has 0 spiro atoms. The molecule has 0 saturated carbocycles. The quantitative estimate of drug-likeness (QED) is 0.826. The topological polar surface area (TPSA) is 54.0 Å². The average molecular weight is 307 g/mol. The molecule has 0 aliphatic carbocycles. The fourth-order valence-corrected chi connectivity index (χ4v) is 2.57. The lowest BCUT2D eigenvalue weighted by molar-refractivity contribution is -0.120. The zero-order chi connectivity index (χ0) is 15.1. The van der Waals surface area contributed by atoms with E-state index in [1.165, 1.54) is 23.5 Å². The molecule has 0 bridgehead atoms. The van der Waals surface area contributed by atoms with Crippen LogP contribution in [0.5, 0.6) is 0 Å². The molecule has 0 fully saturated rings. The molecule has 4 nitrogen and oxygen atoms in total. The Bertz CT molecular complexity index is 583. The van der Waals surface area contributed by atoms with Gasteiger partial charge in [0.15, 0.2) is 0 Å². The van der Waals surface area contributed by atoms with Crippen LogP contribution in [0.3, 0.4) is 0 Å². The van der Waals surface area contributed by atoms with Gasteiger partial charge < -0.3 is 10.6 Å². The lowest BCUT2D eigenvalue weighted by Gasteiger charge is -2.04. The van der Waals surface area contributed by atoms with Crippen LogP contribution in [0.15, 0.2) is 29.6 Å². The molecule has 0 atom stereocenters. The standard InChI is InChI=1S/C15H18FN3OS/c1-2-7-18-14(20)9-17-8-13-10-21-15(19-13)11-3-5-12(16)6-4-11/h3-6,10,17H,2,7-9H2,1H3,(H,18,20). The zero-order valence-electron chi connectivity index (χ0n) is 11.9. The molecule has 6 heteroatoms. The third-order valence-corrected chi connectivity index (χ3v) is 3.75. The SMILES string of the molecule is CCCNC(=O)CNCc1csc(-c2ccc(F)cc2)n1. The van der Waals surface area contributed by atoms with Gasteiger partial charge in [-0.15, -0.1) is 11.3 Å². The van der Waals surface area contributed by atoms with Crippen LogP contribution in [-0.2, 0) is 11.3 Å². The summed E-state index contributed by atoms with van der Waals surface area (Å²) in [6.45, 7) is 3.53. The van der Waals surface area contributed by atoms with Gasteiger partial charge in [0, 0.05) is 24.0 Å². The molecule has 0 radical (unpaired) electrons. The number of hydrogen-bond acceptors (Lipinski definition) is 4. The Hall–Kier alpha value is -1.79. The number of rotatable bonds is 7. The number of aromatic nitrogens is 1. The highest BCUT2D eigenvalue weighted by Crippen LogP contribution is 2.23. The Labute approximate surface area is 127 Å². The van der Waals surface area contributed by atoms with Gasteiger partial charge >= 0.3 is 0 Å². The minimum absolute atomic E-state index is 0.00848. The van der Waals surface area contributed by atoms with E-state index >= 15 is 0 Å². The van der Waals surface area contributed by atoms with Gasteiger partial charge in [0.2, 0.25) is 5.91 Å². The Kier molecular flexibility index (Phi) is 5.83. The van der Waals surface area contributed by atoms with Crippen molar-refractivity contribution in [3.63, 3.8) is 0 Å². The van der Waals surface area contributed by atoms with Gasteiger partial charge in [-0.3, -0.25) is 4.79 Å². The van der Waals surface area contributed by atoms with E-state index in [-0.39, 0.29) is 18.3 Å². The second kappa shape index (κ2) is 7.85. The van der Waals surface area contributed by atoms with Crippen molar-refractivity contribution < 1.29 is 9.18 Å². The van der Waals surface area contributed by atoms with Crippen molar-refractivity contribution in [1.82, 2.24) is 15.6 Å². The number of halogens is 1. The highest BCUT2D eigenvalue weighted by molar-refractivity contribution is 7.13. The second-order valence-corrected chi connectivity index (χ2v) is 5.46. The van der Waals surface area contributed by atoms with Gasteiger partial charge in [-0.05, 0) is 30.7 Å². The smallest absolute Gasteiger partial charge is 0.233 e. The normalized spacial score (nSPS) is 10.6. The second-order valence-electron chi connectivity index (χ2n) is 4.60. The summed E-state index contributed by atoms with van der Waals surface area (Å²) in [6, 6.07) is 6.27. The molecular weight excluding hydrogens is 289 g/mol. The van der Waals surface area contributed by atoms with Gasteiger partial charge in [-0.2, -0.15) is 0 Å². The Morgan fingerprint density at radius 2 is 2.10 bits per heavy atom. The summed E-state index contributed by atoms with van der Waals surface area (Å²) in [5.41, 5.74) is 1.77. The zero-order valence-corrected chi connectivity index (χ0v) is 12.7. The number of amides is 1. The van der Waals surface area contributed by atoms with Crippen molar-refractivity contribution in [1.29, 1.82) is 0 Å².